The van der Waals surface area contributed by atoms with E-state index in [1.807, 2.05) is 24.3 Å². The fraction of sp³-hybridized carbons (Fsp3) is 0.500. The molecule has 0 amide bonds. The predicted molar refractivity (Wildman–Crippen MR) is 86.7 cm³/mol. The molecule has 1 aromatic heterocycles. The number of rotatable bonds is 6. The van der Waals surface area contributed by atoms with Crippen LogP contribution >= 0.6 is 12.2 Å². The minimum Gasteiger partial charge on any atom is -0.332 e. The summed E-state index contributed by atoms with van der Waals surface area (Å²) in [6, 6.07) is 7.52. The van der Waals surface area contributed by atoms with Crippen LogP contribution in [0.1, 0.15) is 39.5 Å². The van der Waals surface area contributed by atoms with Crippen molar-refractivity contribution < 1.29 is 0 Å². The topological polar surface area (TPSA) is 37.8 Å². The summed E-state index contributed by atoms with van der Waals surface area (Å²) in [7, 11) is 0. The Bertz CT molecular complexity index is 687. The van der Waals surface area contributed by atoms with E-state index in [4.69, 9.17) is 12.2 Å². The fourth-order valence-electron chi connectivity index (χ4n) is 2.37. The Morgan fingerprint density at radius 3 is 2.80 bits per heavy atom. The van der Waals surface area contributed by atoms with Gasteiger partial charge in [-0.25, -0.2) is 0 Å². The van der Waals surface area contributed by atoms with Gasteiger partial charge in [0.2, 0.25) is 0 Å². The van der Waals surface area contributed by atoms with Crippen molar-refractivity contribution >= 4 is 23.1 Å². The van der Waals surface area contributed by atoms with E-state index < -0.39 is 0 Å². The van der Waals surface area contributed by atoms with Crippen LogP contribution in [0.4, 0.5) is 0 Å². The molecule has 0 aliphatic heterocycles. The van der Waals surface area contributed by atoms with Gasteiger partial charge in [0.05, 0.1) is 10.9 Å². The molecule has 2 aromatic rings. The SMILES string of the molecule is CC[C@H](C)CCCCn1c(=S)[nH]c2ccccc2c1=O. The lowest BCUT2D eigenvalue weighted by Crippen LogP contribution is -2.22. The highest BCUT2D eigenvalue weighted by Gasteiger charge is 2.05. The van der Waals surface area contributed by atoms with E-state index in [1.165, 1.54) is 12.8 Å². The third-order valence-electron chi connectivity index (χ3n) is 3.91. The second-order valence-corrected chi connectivity index (χ2v) is 5.83. The maximum absolute atomic E-state index is 12.4. The van der Waals surface area contributed by atoms with Gasteiger partial charge in [0.15, 0.2) is 4.77 Å². The summed E-state index contributed by atoms with van der Waals surface area (Å²) in [5.74, 6) is 0.762. The smallest absolute Gasteiger partial charge is 0.262 e. The standard InChI is InChI=1S/C16H22N2OS/c1-3-12(2)8-6-7-11-18-15(19)13-9-4-5-10-14(13)17-16(18)20/h4-5,9-10,12H,3,6-8,11H2,1-2H3,(H,17,20)/t12-/m0/s1. The third-order valence-corrected chi connectivity index (χ3v) is 4.24. The Balaban J connectivity index is 2.14. The molecule has 4 heteroatoms. The highest BCUT2D eigenvalue weighted by molar-refractivity contribution is 7.71. The van der Waals surface area contributed by atoms with E-state index in [1.54, 1.807) is 4.57 Å². The third kappa shape index (κ3) is 3.37. The maximum atomic E-state index is 12.4. The van der Waals surface area contributed by atoms with E-state index in [0.29, 0.717) is 16.7 Å². The quantitative estimate of drug-likeness (QED) is 0.637. The van der Waals surface area contributed by atoms with Gasteiger partial charge >= 0.3 is 0 Å². The lowest BCUT2D eigenvalue weighted by atomic mass is 10.0. The minimum atomic E-state index is 0.0212. The molecule has 1 atom stereocenters. The number of nitrogens with one attached hydrogen (secondary N) is 1. The van der Waals surface area contributed by atoms with Crippen LogP contribution in [0.5, 0.6) is 0 Å². The lowest BCUT2D eigenvalue weighted by Gasteiger charge is -2.10. The zero-order valence-corrected chi connectivity index (χ0v) is 13.0. The number of hydrogen-bond acceptors (Lipinski definition) is 2. The molecule has 0 fully saturated rings. The van der Waals surface area contributed by atoms with Crippen molar-refractivity contribution in [2.75, 3.05) is 0 Å². The van der Waals surface area contributed by atoms with Gasteiger partial charge in [0.25, 0.3) is 5.56 Å². The van der Waals surface area contributed by atoms with Crippen molar-refractivity contribution in [2.45, 2.75) is 46.1 Å². The second-order valence-electron chi connectivity index (χ2n) is 5.44. The molecule has 1 aromatic carbocycles. The first-order chi connectivity index (χ1) is 9.63. The van der Waals surface area contributed by atoms with Gasteiger partial charge in [0.1, 0.15) is 0 Å². The molecule has 3 nitrogen and oxygen atoms in total. The van der Waals surface area contributed by atoms with E-state index >= 15 is 0 Å². The van der Waals surface area contributed by atoms with Crippen LogP contribution in [0.3, 0.4) is 0 Å². The maximum Gasteiger partial charge on any atom is 0.262 e. The molecule has 0 saturated carbocycles. The van der Waals surface area contributed by atoms with E-state index in [-0.39, 0.29) is 5.56 Å². The summed E-state index contributed by atoms with van der Waals surface area (Å²) in [6.45, 7) is 5.19. The number of nitrogens with zero attached hydrogens (tertiary/aromatic N) is 1. The zero-order valence-electron chi connectivity index (χ0n) is 12.2. The van der Waals surface area contributed by atoms with Crippen LogP contribution in [0.25, 0.3) is 10.9 Å². The largest absolute Gasteiger partial charge is 0.332 e. The normalized spacial score (nSPS) is 12.7. The first-order valence-corrected chi connectivity index (χ1v) is 7.76. The van der Waals surface area contributed by atoms with Crippen molar-refractivity contribution in [3.8, 4) is 0 Å². The minimum absolute atomic E-state index is 0.0212. The molecular formula is C16H22N2OS. The molecule has 20 heavy (non-hydrogen) atoms. The number of aromatic nitrogens is 2. The van der Waals surface area contributed by atoms with Gasteiger partial charge in [0, 0.05) is 6.54 Å². The predicted octanol–water partition coefficient (Wildman–Crippen LogP) is 4.28. The second kappa shape index (κ2) is 6.84. The average Bonchev–Trinajstić information content (AvgIpc) is 2.46. The highest BCUT2D eigenvalue weighted by Crippen LogP contribution is 2.12. The van der Waals surface area contributed by atoms with Crippen LogP contribution in [0, 0.1) is 10.7 Å². The highest BCUT2D eigenvalue weighted by atomic mass is 32.1. The van der Waals surface area contributed by atoms with Gasteiger partial charge in [-0.15, -0.1) is 0 Å². The molecule has 0 aliphatic rings. The molecule has 0 aliphatic carbocycles. The van der Waals surface area contributed by atoms with Crippen LogP contribution < -0.4 is 5.56 Å². The number of fused-ring (bicyclic) bond motifs is 1. The summed E-state index contributed by atoms with van der Waals surface area (Å²) in [6.07, 6.45) is 4.58. The van der Waals surface area contributed by atoms with Gasteiger partial charge in [-0.05, 0) is 36.7 Å². The molecule has 0 bridgehead atoms. The van der Waals surface area contributed by atoms with Crippen molar-refractivity contribution in [1.29, 1.82) is 0 Å². The number of unbranched alkanes of at least 4 members (excludes halogenated alkanes) is 1. The summed E-state index contributed by atoms with van der Waals surface area (Å²) in [4.78, 5) is 15.5. The monoisotopic (exact) mass is 290 g/mol. The average molecular weight is 290 g/mol. The summed E-state index contributed by atoms with van der Waals surface area (Å²) >= 11 is 5.30. The molecule has 0 spiro atoms. The van der Waals surface area contributed by atoms with Gasteiger partial charge in [-0.1, -0.05) is 45.2 Å². The van der Waals surface area contributed by atoms with Gasteiger partial charge in [-0.3, -0.25) is 9.36 Å². The molecule has 2 rings (SSSR count). The Morgan fingerprint density at radius 2 is 2.05 bits per heavy atom. The summed E-state index contributed by atoms with van der Waals surface area (Å²) < 4.78 is 2.21. The van der Waals surface area contributed by atoms with Crippen LogP contribution in [-0.2, 0) is 6.54 Å². The fourth-order valence-corrected chi connectivity index (χ4v) is 2.65. The number of hydrogen-bond donors (Lipinski definition) is 1. The number of aromatic amines is 1. The van der Waals surface area contributed by atoms with E-state index in [9.17, 15) is 4.79 Å². The van der Waals surface area contributed by atoms with Crippen molar-refractivity contribution in [2.24, 2.45) is 5.92 Å². The van der Waals surface area contributed by atoms with Crippen molar-refractivity contribution in [1.82, 2.24) is 9.55 Å². The zero-order chi connectivity index (χ0) is 14.5. The summed E-state index contributed by atoms with van der Waals surface area (Å²) in [5.41, 5.74) is 0.839. The first-order valence-electron chi connectivity index (χ1n) is 7.35. The molecule has 1 heterocycles. The first kappa shape index (κ1) is 15.0. The number of H-pyrrole nitrogens is 1. The molecule has 0 radical (unpaired) electrons. The molecular weight excluding hydrogens is 268 g/mol. The van der Waals surface area contributed by atoms with Crippen LogP contribution in [0.15, 0.2) is 29.1 Å². The molecule has 0 saturated heterocycles. The van der Waals surface area contributed by atoms with E-state index in [0.717, 1.165) is 24.3 Å². The Morgan fingerprint density at radius 1 is 1.30 bits per heavy atom. The van der Waals surface area contributed by atoms with Gasteiger partial charge < -0.3 is 4.98 Å². The Hall–Kier alpha value is -1.42. The Kier molecular flexibility index (Phi) is 5.12. The van der Waals surface area contributed by atoms with Gasteiger partial charge in [-0.2, -0.15) is 0 Å². The molecule has 1 N–H and O–H groups in total. The van der Waals surface area contributed by atoms with E-state index in [2.05, 4.69) is 18.8 Å². The van der Waals surface area contributed by atoms with Crippen LogP contribution in [-0.4, -0.2) is 9.55 Å². The Labute approximate surface area is 124 Å². The number of benzene rings is 1. The van der Waals surface area contributed by atoms with Crippen molar-refractivity contribution in [3.63, 3.8) is 0 Å². The van der Waals surface area contributed by atoms with Crippen LogP contribution in [0.2, 0.25) is 0 Å². The summed E-state index contributed by atoms with van der Waals surface area (Å²) in [5, 5.41) is 0.711. The molecule has 108 valence electrons. The number of para-hydroxylation sites is 1. The lowest BCUT2D eigenvalue weighted by molar-refractivity contribution is 0.464. The van der Waals surface area contributed by atoms with Crippen molar-refractivity contribution in [3.05, 3.63) is 39.4 Å². The molecule has 0 unspecified atom stereocenters.